The van der Waals surface area contributed by atoms with Gasteiger partial charge in [-0.05, 0) is 23.9 Å². The van der Waals surface area contributed by atoms with Crippen LogP contribution in [0, 0.1) is 0 Å². The van der Waals surface area contributed by atoms with E-state index >= 15 is 0 Å². The van der Waals surface area contributed by atoms with Crippen LogP contribution >= 0.6 is 0 Å². The second-order valence-electron chi connectivity index (χ2n) is 5.25. The first-order chi connectivity index (χ1) is 7.54. The van der Waals surface area contributed by atoms with Gasteiger partial charge in [-0.2, -0.15) is 0 Å². The molecule has 2 heteroatoms. The Labute approximate surface area is 102 Å². The van der Waals surface area contributed by atoms with Gasteiger partial charge in [-0.1, -0.05) is 50.2 Å². The molecule has 0 heterocycles. The molecular formula is C14H24OSi. The van der Waals surface area contributed by atoms with Gasteiger partial charge in [-0.25, -0.2) is 0 Å². The van der Waals surface area contributed by atoms with Gasteiger partial charge in [0.05, 0.1) is 9.52 Å². The van der Waals surface area contributed by atoms with Gasteiger partial charge >= 0.3 is 0 Å². The van der Waals surface area contributed by atoms with Gasteiger partial charge in [0.1, 0.15) is 0 Å². The number of rotatable bonds is 5. The minimum absolute atomic E-state index is 0.117. The van der Waals surface area contributed by atoms with Crippen LogP contribution in [0.5, 0.6) is 0 Å². The maximum atomic E-state index is 5.37. The van der Waals surface area contributed by atoms with Crippen LogP contribution in [-0.2, 0) is 10.2 Å². The van der Waals surface area contributed by atoms with E-state index in [1.807, 2.05) is 0 Å². The van der Waals surface area contributed by atoms with Crippen LogP contribution in [0.4, 0.5) is 0 Å². The zero-order valence-electron chi connectivity index (χ0n) is 11.0. The zero-order valence-corrected chi connectivity index (χ0v) is 12.5. The summed E-state index contributed by atoms with van der Waals surface area (Å²) in [6.07, 6.45) is 0. The molecule has 0 spiro atoms. The summed E-state index contributed by atoms with van der Waals surface area (Å²) in [4.78, 5) is 0. The van der Waals surface area contributed by atoms with E-state index in [1.54, 1.807) is 5.19 Å². The molecule has 0 atom stereocenters. The van der Waals surface area contributed by atoms with Crippen LogP contribution in [0.3, 0.4) is 0 Å². The molecule has 16 heavy (non-hydrogen) atoms. The van der Waals surface area contributed by atoms with E-state index in [1.165, 1.54) is 11.6 Å². The predicted octanol–water partition coefficient (Wildman–Crippen LogP) is 2.23. The molecule has 0 saturated heterocycles. The van der Waals surface area contributed by atoms with Crippen molar-refractivity contribution in [2.24, 2.45) is 0 Å². The van der Waals surface area contributed by atoms with Crippen molar-refractivity contribution in [2.45, 2.75) is 39.2 Å². The lowest BCUT2D eigenvalue weighted by atomic mass is 9.87. The highest BCUT2D eigenvalue weighted by Crippen LogP contribution is 2.20. The third kappa shape index (κ3) is 4.50. The van der Waals surface area contributed by atoms with Crippen molar-refractivity contribution in [2.75, 3.05) is 13.2 Å². The number of hydrogen-bond donors (Lipinski definition) is 0. The lowest BCUT2D eigenvalue weighted by molar-refractivity contribution is 0.162. The van der Waals surface area contributed by atoms with Gasteiger partial charge in [-0.15, -0.1) is 0 Å². The van der Waals surface area contributed by atoms with Gasteiger partial charge in [0, 0.05) is 13.2 Å². The molecule has 0 fully saturated rings. The van der Waals surface area contributed by atoms with Crippen molar-refractivity contribution in [3.05, 3.63) is 29.8 Å². The predicted molar refractivity (Wildman–Crippen MR) is 74.6 cm³/mol. The third-order valence-corrected chi connectivity index (χ3v) is 4.47. The van der Waals surface area contributed by atoms with Crippen molar-refractivity contribution in [3.8, 4) is 0 Å². The van der Waals surface area contributed by atoms with Crippen LogP contribution in [-0.4, -0.2) is 22.7 Å². The molecule has 0 aliphatic carbocycles. The Morgan fingerprint density at radius 1 is 1.12 bits per heavy atom. The lowest BCUT2D eigenvalue weighted by Gasteiger charge is -2.19. The van der Waals surface area contributed by atoms with Crippen LogP contribution in [0.2, 0.25) is 6.04 Å². The number of hydrogen-bond acceptors (Lipinski definition) is 1. The van der Waals surface area contributed by atoms with E-state index < -0.39 is 0 Å². The first-order valence-electron chi connectivity index (χ1n) is 6.21. The van der Waals surface area contributed by atoms with Gasteiger partial charge in [0.15, 0.2) is 0 Å². The molecule has 0 saturated carbocycles. The molecule has 0 radical (unpaired) electrons. The Morgan fingerprint density at radius 3 is 2.25 bits per heavy atom. The average molecular weight is 236 g/mol. The maximum Gasteiger partial charge on any atom is 0.0570 e. The van der Waals surface area contributed by atoms with E-state index in [9.17, 15) is 0 Å². The van der Waals surface area contributed by atoms with E-state index in [0.29, 0.717) is 0 Å². The van der Waals surface area contributed by atoms with Crippen molar-refractivity contribution < 1.29 is 4.74 Å². The summed E-state index contributed by atoms with van der Waals surface area (Å²) < 4.78 is 5.37. The quantitative estimate of drug-likeness (QED) is 0.563. The second-order valence-corrected chi connectivity index (χ2v) is 7.27. The summed E-state index contributed by atoms with van der Waals surface area (Å²) >= 11 is 0. The van der Waals surface area contributed by atoms with E-state index in [0.717, 1.165) is 13.2 Å². The molecule has 0 N–H and O–H groups in total. The Kier molecular flexibility index (Phi) is 5.23. The van der Waals surface area contributed by atoms with Crippen molar-refractivity contribution in [3.63, 3.8) is 0 Å². The Balaban J connectivity index is 2.46. The Bertz CT molecular complexity index is 298. The highest BCUT2D eigenvalue weighted by atomic mass is 28.2. The van der Waals surface area contributed by atoms with Crippen LogP contribution in [0.15, 0.2) is 24.3 Å². The van der Waals surface area contributed by atoms with Crippen LogP contribution < -0.4 is 5.19 Å². The smallest absolute Gasteiger partial charge is 0.0570 e. The average Bonchev–Trinajstić information content (AvgIpc) is 2.24. The third-order valence-electron chi connectivity index (χ3n) is 2.78. The first kappa shape index (κ1) is 13.5. The summed E-state index contributed by atoms with van der Waals surface area (Å²) in [7, 11) is -0.117. The van der Waals surface area contributed by atoms with Gasteiger partial charge in [-0.3, -0.25) is 0 Å². The minimum atomic E-state index is -0.117. The van der Waals surface area contributed by atoms with E-state index in [4.69, 9.17) is 4.74 Å². The van der Waals surface area contributed by atoms with Crippen molar-refractivity contribution in [1.82, 2.24) is 0 Å². The number of benzene rings is 1. The van der Waals surface area contributed by atoms with Gasteiger partial charge in [0.25, 0.3) is 0 Å². The minimum Gasteiger partial charge on any atom is -0.382 e. The molecule has 0 bridgehead atoms. The molecule has 0 amide bonds. The molecule has 0 aliphatic rings. The second kappa shape index (κ2) is 6.21. The molecule has 0 unspecified atom stereocenters. The molecule has 1 aromatic rings. The Hall–Kier alpha value is -0.603. The zero-order chi connectivity index (χ0) is 12.0. The molecule has 0 aliphatic heterocycles. The highest BCUT2D eigenvalue weighted by Gasteiger charge is 2.12. The van der Waals surface area contributed by atoms with Crippen molar-refractivity contribution >= 4 is 14.7 Å². The monoisotopic (exact) mass is 236 g/mol. The standard InChI is InChI=1S/C14H24OSi/c1-5-15-10-11-16-13-8-6-12(7-9-13)14(2,3)4/h6-9H,5,10-11,16H2,1-4H3. The lowest BCUT2D eigenvalue weighted by Crippen LogP contribution is -2.18. The number of ether oxygens (including phenoxy) is 1. The molecule has 1 rings (SSSR count). The summed E-state index contributed by atoms with van der Waals surface area (Å²) in [5.41, 5.74) is 1.70. The summed E-state index contributed by atoms with van der Waals surface area (Å²) in [6.45, 7) is 10.6. The maximum absolute atomic E-state index is 5.37. The molecule has 1 nitrogen and oxygen atoms in total. The molecule has 1 aromatic carbocycles. The molecule has 0 aromatic heterocycles. The fourth-order valence-corrected chi connectivity index (χ4v) is 3.02. The SMILES string of the molecule is CCOCC[SiH2]c1ccc(C(C)(C)C)cc1. The highest BCUT2D eigenvalue weighted by molar-refractivity contribution is 6.53. The first-order valence-corrected chi connectivity index (χ1v) is 7.92. The normalized spacial score (nSPS) is 12.5. The van der Waals surface area contributed by atoms with E-state index in [2.05, 4.69) is 52.0 Å². The van der Waals surface area contributed by atoms with Crippen LogP contribution in [0.1, 0.15) is 33.3 Å². The fourth-order valence-electron chi connectivity index (χ4n) is 1.69. The van der Waals surface area contributed by atoms with Gasteiger partial charge < -0.3 is 4.74 Å². The topological polar surface area (TPSA) is 9.23 Å². The summed E-state index contributed by atoms with van der Waals surface area (Å²) in [5, 5.41) is 1.55. The van der Waals surface area contributed by atoms with Gasteiger partial charge in [0.2, 0.25) is 0 Å². The van der Waals surface area contributed by atoms with Crippen LogP contribution in [0.25, 0.3) is 0 Å². The summed E-state index contributed by atoms with van der Waals surface area (Å²) in [6, 6.07) is 10.4. The van der Waals surface area contributed by atoms with E-state index in [-0.39, 0.29) is 14.9 Å². The fraction of sp³-hybridized carbons (Fsp3) is 0.571. The molecule has 90 valence electrons. The molecular weight excluding hydrogens is 212 g/mol. The largest absolute Gasteiger partial charge is 0.382 e. The summed E-state index contributed by atoms with van der Waals surface area (Å²) in [5.74, 6) is 0. The van der Waals surface area contributed by atoms with Crippen molar-refractivity contribution in [1.29, 1.82) is 0 Å². The Morgan fingerprint density at radius 2 is 1.75 bits per heavy atom.